The van der Waals surface area contributed by atoms with Gasteiger partial charge in [-0.25, -0.2) is 9.18 Å². The number of nitrogens with zero attached hydrogens (tertiary/aromatic N) is 1. The Balaban J connectivity index is 1.64. The normalized spacial score (nSPS) is 24.7. The molecule has 39 heavy (non-hydrogen) atoms. The van der Waals surface area contributed by atoms with Gasteiger partial charge in [-0.15, -0.1) is 0 Å². The number of likely N-dealkylation sites (tertiary alicyclic amines) is 1. The molecular formula is C29H38FN3O6. The molecule has 4 rings (SSSR count). The summed E-state index contributed by atoms with van der Waals surface area (Å²) in [5.74, 6) is -1.23. The molecule has 2 fully saturated rings. The summed E-state index contributed by atoms with van der Waals surface area (Å²) in [6.45, 7) is 2.76. The van der Waals surface area contributed by atoms with Crippen molar-refractivity contribution in [3.8, 4) is 11.5 Å². The Hall–Kier alpha value is -3.21. The van der Waals surface area contributed by atoms with E-state index in [0.717, 1.165) is 5.56 Å². The first kappa shape index (κ1) is 28.8. The maximum Gasteiger partial charge on any atom is 0.404 e. The number of benzene rings is 2. The molecule has 5 atom stereocenters. The average Bonchev–Trinajstić information content (AvgIpc) is 3.25. The van der Waals surface area contributed by atoms with Gasteiger partial charge in [-0.3, -0.25) is 4.79 Å². The van der Waals surface area contributed by atoms with Crippen molar-refractivity contribution >= 4 is 12.0 Å². The number of para-hydroxylation sites is 1. The summed E-state index contributed by atoms with van der Waals surface area (Å²) in [5.41, 5.74) is 5.53. The number of halogens is 1. The molecular weight excluding hydrogens is 505 g/mol. The number of piperidine rings is 1. The van der Waals surface area contributed by atoms with Crippen LogP contribution >= 0.6 is 0 Å². The van der Waals surface area contributed by atoms with Gasteiger partial charge in [0.05, 0.1) is 11.7 Å². The van der Waals surface area contributed by atoms with Gasteiger partial charge in [-0.1, -0.05) is 24.3 Å². The third-order valence-corrected chi connectivity index (χ3v) is 7.99. The summed E-state index contributed by atoms with van der Waals surface area (Å²) in [6.07, 6.45) is 0.468. The number of aliphatic hydroxyl groups is 2. The lowest BCUT2D eigenvalue weighted by Gasteiger charge is -2.44. The number of carbonyl (C=O) groups is 2. The van der Waals surface area contributed by atoms with Gasteiger partial charge in [-0.2, -0.15) is 0 Å². The average molecular weight is 544 g/mol. The van der Waals surface area contributed by atoms with Crippen LogP contribution in [-0.4, -0.2) is 64.0 Å². The molecule has 1 saturated carbocycles. The molecule has 1 saturated heterocycles. The second kappa shape index (κ2) is 12.3. The van der Waals surface area contributed by atoms with E-state index in [4.69, 9.17) is 15.6 Å². The third kappa shape index (κ3) is 6.69. The number of rotatable bonds is 9. The molecule has 10 heteroatoms. The molecule has 0 bridgehead atoms. The van der Waals surface area contributed by atoms with Crippen molar-refractivity contribution in [2.24, 2.45) is 17.6 Å². The number of carbonyl (C=O) groups excluding carboxylic acids is 1. The number of amides is 2. The van der Waals surface area contributed by atoms with E-state index in [1.165, 1.54) is 12.1 Å². The van der Waals surface area contributed by atoms with E-state index in [0.29, 0.717) is 38.0 Å². The number of ether oxygens (including phenoxy) is 1. The lowest BCUT2D eigenvalue weighted by molar-refractivity contribution is -0.141. The fraction of sp³-hybridized carbons (Fsp3) is 0.517. The van der Waals surface area contributed by atoms with Gasteiger partial charge in [0.1, 0.15) is 5.75 Å². The number of aliphatic hydroxyl groups excluding tert-OH is 1. The first-order valence-corrected chi connectivity index (χ1v) is 13.5. The van der Waals surface area contributed by atoms with Gasteiger partial charge in [0.2, 0.25) is 5.91 Å². The molecule has 0 spiro atoms. The molecule has 2 amide bonds. The highest BCUT2D eigenvalue weighted by molar-refractivity contribution is 5.79. The van der Waals surface area contributed by atoms with E-state index >= 15 is 4.39 Å². The Morgan fingerprint density at radius 2 is 2.00 bits per heavy atom. The Labute approximate surface area is 227 Å². The second-order valence-electron chi connectivity index (χ2n) is 10.8. The Morgan fingerprint density at radius 1 is 1.23 bits per heavy atom. The van der Waals surface area contributed by atoms with E-state index in [1.807, 2.05) is 13.0 Å². The number of aryl methyl sites for hydroxylation is 1. The molecule has 9 nitrogen and oxygen atoms in total. The smallest absolute Gasteiger partial charge is 0.404 e. The number of nitrogens with one attached hydrogen (secondary N) is 1. The number of hydrogen-bond acceptors (Lipinski definition) is 6. The highest BCUT2D eigenvalue weighted by Gasteiger charge is 2.45. The van der Waals surface area contributed by atoms with Crippen molar-refractivity contribution in [1.29, 1.82) is 0 Å². The summed E-state index contributed by atoms with van der Waals surface area (Å²) in [7, 11) is 0. The van der Waals surface area contributed by atoms with Crippen molar-refractivity contribution in [1.82, 2.24) is 10.2 Å². The van der Waals surface area contributed by atoms with Gasteiger partial charge >= 0.3 is 6.09 Å². The Morgan fingerprint density at radius 3 is 2.69 bits per heavy atom. The topological polar surface area (TPSA) is 145 Å². The fourth-order valence-electron chi connectivity index (χ4n) is 5.94. The van der Waals surface area contributed by atoms with E-state index in [1.54, 1.807) is 29.2 Å². The molecule has 2 aromatic carbocycles. The maximum absolute atomic E-state index is 15.3. The quantitative estimate of drug-likeness (QED) is 0.304. The third-order valence-electron chi connectivity index (χ3n) is 7.99. The zero-order valence-electron chi connectivity index (χ0n) is 22.2. The monoisotopic (exact) mass is 543 g/mol. The highest BCUT2D eigenvalue weighted by Crippen LogP contribution is 2.45. The summed E-state index contributed by atoms with van der Waals surface area (Å²) in [4.78, 5) is 26.1. The number of nitrogens with two attached hydrogens (primary N) is 1. The lowest BCUT2D eigenvalue weighted by atomic mass is 9.73. The van der Waals surface area contributed by atoms with Crippen LogP contribution in [0.4, 0.5) is 9.18 Å². The standard InChI is InChI=1S/C29H38FN3O6/c1-18-6-2-8-21(14-18)39-26-22(9-3-10-23(26)30)29(38,11-5-12-32-28(36)37)20-7-4-13-33(17-20)27(35)19-15-24(31)25(34)16-19/h2-3,6,8-10,14,19-20,24-25,32,34,38H,4-5,7,11-13,15-17,31H2,1H3,(H,36,37)/t19-,20+,24+,25-,29?/m0/s1. The summed E-state index contributed by atoms with van der Waals surface area (Å²) in [6, 6.07) is 11.1. The van der Waals surface area contributed by atoms with Gasteiger partial charge in [0, 0.05) is 43.1 Å². The van der Waals surface area contributed by atoms with Gasteiger partial charge < -0.3 is 36.0 Å². The van der Waals surface area contributed by atoms with Crippen molar-refractivity contribution in [2.45, 2.75) is 63.2 Å². The van der Waals surface area contributed by atoms with Gasteiger partial charge in [0.15, 0.2) is 11.6 Å². The molecule has 212 valence electrons. The molecule has 1 unspecified atom stereocenters. The minimum absolute atomic E-state index is 0.0925. The minimum Gasteiger partial charge on any atom is -0.465 e. The van der Waals surface area contributed by atoms with Crippen LogP contribution < -0.4 is 15.8 Å². The van der Waals surface area contributed by atoms with Crippen LogP contribution in [0.5, 0.6) is 11.5 Å². The minimum atomic E-state index is -1.61. The lowest BCUT2D eigenvalue weighted by Crippen LogP contribution is -2.49. The van der Waals surface area contributed by atoms with Crippen LogP contribution in [0.15, 0.2) is 42.5 Å². The molecule has 2 aliphatic rings. The first-order valence-electron chi connectivity index (χ1n) is 13.5. The molecule has 2 aromatic rings. The van der Waals surface area contributed by atoms with Crippen LogP contribution in [0.3, 0.4) is 0 Å². The zero-order valence-corrected chi connectivity index (χ0v) is 22.2. The van der Waals surface area contributed by atoms with Crippen LogP contribution in [0, 0.1) is 24.6 Å². The van der Waals surface area contributed by atoms with Gasteiger partial charge in [0.25, 0.3) is 0 Å². The van der Waals surface area contributed by atoms with Crippen LogP contribution in [0.2, 0.25) is 0 Å². The van der Waals surface area contributed by atoms with Gasteiger partial charge in [-0.05, 0) is 69.2 Å². The highest BCUT2D eigenvalue weighted by atomic mass is 19.1. The van der Waals surface area contributed by atoms with E-state index in [-0.39, 0.29) is 49.1 Å². The molecule has 1 aliphatic heterocycles. The maximum atomic E-state index is 15.3. The SMILES string of the molecule is Cc1cccc(Oc2c(F)cccc2C(O)(CCCNC(=O)O)[C@@H]2CCCN(C(=O)[C@H]3C[C@@H](N)[C@@H](O)C3)C2)c1. The Bertz CT molecular complexity index is 1170. The Kier molecular flexibility index (Phi) is 9.09. The summed E-state index contributed by atoms with van der Waals surface area (Å²) >= 11 is 0. The number of hydrogen-bond donors (Lipinski definition) is 5. The predicted molar refractivity (Wildman–Crippen MR) is 143 cm³/mol. The molecule has 0 aromatic heterocycles. The van der Waals surface area contributed by atoms with Crippen molar-refractivity contribution in [3.63, 3.8) is 0 Å². The molecule has 0 radical (unpaired) electrons. The molecule has 1 aliphatic carbocycles. The van der Waals surface area contributed by atoms with Crippen molar-refractivity contribution in [2.75, 3.05) is 19.6 Å². The van der Waals surface area contributed by atoms with Crippen molar-refractivity contribution in [3.05, 3.63) is 59.4 Å². The molecule has 1 heterocycles. The first-order chi connectivity index (χ1) is 18.6. The van der Waals surface area contributed by atoms with Crippen LogP contribution in [-0.2, 0) is 10.4 Å². The van der Waals surface area contributed by atoms with Crippen LogP contribution in [0.25, 0.3) is 0 Å². The summed E-state index contributed by atoms with van der Waals surface area (Å²) in [5, 5.41) is 33.7. The number of carboxylic acid groups (broad SMARTS) is 1. The van der Waals surface area contributed by atoms with E-state index in [2.05, 4.69) is 5.32 Å². The second-order valence-corrected chi connectivity index (χ2v) is 10.8. The van der Waals surface area contributed by atoms with E-state index in [9.17, 15) is 19.8 Å². The summed E-state index contributed by atoms with van der Waals surface area (Å²) < 4.78 is 21.3. The zero-order chi connectivity index (χ0) is 28.2. The van der Waals surface area contributed by atoms with Crippen molar-refractivity contribution < 1.29 is 34.0 Å². The molecule has 6 N–H and O–H groups in total. The fourth-order valence-corrected chi connectivity index (χ4v) is 5.94. The van der Waals surface area contributed by atoms with E-state index < -0.39 is 35.6 Å². The largest absolute Gasteiger partial charge is 0.465 e. The predicted octanol–water partition coefficient (Wildman–Crippen LogP) is 3.50. The van der Waals surface area contributed by atoms with Crippen LogP contribution in [0.1, 0.15) is 49.7 Å².